The molecule has 1 aromatic heterocycles. The molecule has 1 amide bonds. The molecule has 0 bridgehead atoms. The minimum atomic E-state index is -0.426. The predicted octanol–water partition coefficient (Wildman–Crippen LogP) is 0.876. The van der Waals surface area contributed by atoms with Gasteiger partial charge >= 0.3 is 0 Å². The number of nitrogens with one attached hydrogen (secondary N) is 1. The Kier molecular flexibility index (Phi) is 4.30. The van der Waals surface area contributed by atoms with Crippen LogP contribution in [0.1, 0.15) is 26.2 Å². The minimum absolute atomic E-state index is 0.142. The molecule has 1 unspecified atom stereocenters. The SMILES string of the molecule is CCCCC(N)C(=O)Nc1cnn(C)c1. The highest BCUT2D eigenvalue weighted by Crippen LogP contribution is 2.05. The van der Waals surface area contributed by atoms with E-state index in [-0.39, 0.29) is 5.91 Å². The van der Waals surface area contributed by atoms with Crippen LogP contribution in [-0.2, 0) is 11.8 Å². The van der Waals surface area contributed by atoms with Crippen LogP contribution in [0.25, 0.3) is 0 Å². The number of anilines is 1. The number of rotatable bonds is 5. The first-order valence-corrected chi connectivity index (χ1v) is 5.18. The van der Waals surface area contributed by atoms with Gasteiger partial charge in [0.2, 0.25) is 5.91 Å². The van der Waals surface area contributed by atoms with Crippen LogP contribution >= 0.6 is 0 Å². The lowest BCUT2D eigenvalue weighted by atomic mass is 10.1. The van der Waals surface area contributed by atoms with Crippen molar-refractivity contribution in [2.24, 2.45) is 12.8 Å². The van der Waals surface area contributed by atoms with Gasteiger partial charge in [0.15, 0.2) is 0 Å². The van der Waals surface area contributed by atoms with Crippen LogP contribution in [0.4, 0.5) is 5.69 Å². The Labute approximate surface area is 89.6 Å². The number of carbonyl (C=O) groups excluding carboxylic acids is 1. The lowest BCUT2D eigenvalue weighted by Gasteiger charge is -2.09. The van der Waals surface area contributed by atoms with Crippen molar-refractivity contribution in [2.45, 2.75) is 32.2 Å². The second-order valence-electron chi connectivity index (χ2n) is 3.64. The number of aryl methyl sites for hydroxylation is 1. The number of amides is 1. The smallest absolute Gasteiger partial charge is 0.241 e. The van der Waals surface area contributed by atoms with Crippen LogP contribution in [0.3, 0.4) is 0 Å². The number of hydrogen-bond donors (Lipinski definition) is 2. The van der Waals surface area contributed by atoms with E-state index in [0.717, 1.165) is 19.3 Å². The van der Waals surface area contributed by atoms with E-state index in [1.807, 2.05) is 0 Å². The molecule has 0 aliphatic rings. The molecule has 15 heavy (non-hydrogen) atoms. The van der Waals surface area contributed by atoms with E-state index in [9.17, 15) is 4.79 Å². The van der Waals surface area contributed by atoms with Crippen molar-refractivity contribution < 1.29 is 4.79 Å². The summed E-state index contributed by atoms with van der Waals surface area (Å²) in [5.74, 6) is -0.142. The van der Waals surface area contributed by atoms with Crippen molar-refractivity contribution in [3.8, 4) is 0 Å². The fourth-order valence-corrected chi connectivity index (χ4v) is 1.28. The van der Waals surface area contributed by atoms with E-state index in [1.54, 1.807) is 24.1 Å². The number of unbranched alkanes of at least 4 members (excludes halogenated alkanes) is 1. The third-order valence-electron chi connectivity index (χ3n) is 2.18. The van der Waals surface area contributed by atoms with Gasteiger partial charge in [-0.15, -0.1) is 0 Å². The second-order valence-corrected chi connectivity index (χ2v) is 3.64. The van der Waals surface area contributed by atoms with Crippen molar-refractivity contribution in [1.29, 1.82) is 0 Å². The van der Waals surface area contributed by atoms with Gasteiger partial charge in [0.25, 0.3) is 0 Å². The summed E-state index contributed by atoms with van der Waals surface area (Å²) in [6.45, 7) is 2.08. The van der Waals surface area contributed by atoms with Crippen molar-refractivity contribution in [3.63, 3.8) is 0 Å². The Balaban J connectivity index is 2.41. The molecule has 1 heterocycles. The van der Waals surface area contributed by atoms with E-state index in [2.05, 4.69) is 17.3 Å². The van der Waals surface area contributed by atoms with Gasteiger partial charge in [0.05, 0.1) is 17.9 Å². The number of carbonyl (C=O) groups is 1. The summed E-state index contributed by atoms with van der Waals surface area (Å²) >= 11 is 0. The largest absolute Gasteiger partial charge is 0.322 e. The molecule has 3 N–H and O–H groups in total. The van der Waals surface area contributed by atoms with Crippen LogP contribution in [-0.4, -0.2) is 21.7 Å². The summed E-state index contributed by atoms with van der Waals surface area (Å²) < 4.78 is 1.63. The first kappa shape index (κ1) is 11.7. The lowest BCUT2D eigenvalue weighted by Crippen LogP contribution is -2.35. The maximum atomic E-state index is 11.6. The molecule has 5 nitrogen and oxygen atoms in total. The van der Waals surface area contributed by atoms with Crippen LogP contribution in [0, 0.1) is 0 Å². The minimum Gasteiger partial charge on any atom is -0.322 e. The van der Waals surface area contributed by atoms with Gasteiger partial charge in [-0.1, -0.05) is 19.8 Å². The molecule has 0 saturated heterocycles. The van der Waals surface area contributed by atoms with Gasteiger partial charge in [0, 0.05) is 13.2 Å². The average molecular weight is 210 g/mol. The van der Waals surface area contributed by atoms with Gasteiger partial charge < -0.3 is 11.1 Å². The standard InChI is InChI=1S/C10H18N4O/c1-3-4-5-9(11)10(15)13-8-6-12-14(2)7-8/h6-7,9H,3-5,11H2,1-2H3,(H,13,15). The van der Waals surface area contributed by atoms with Crippen molar-refractivity contribution in [2.75, 3.05) is 5.32 Å². The maximum absolute atomic E-state index is 11.6. The first-order valence-electron chi connectivity index (χ1n) is 5.18. The fourth-order valence-electron chi connectivity index (χ4n) is 1.28. The Morgan fingerprint density at radius 2 is 2.47 bits per heavy atom. The second kappa shape index (κ2) is 5.50. The number of aromatic nitrogens is 2. The highest BCUT2D eigenvalue weighted by atomic mass is 16.2. The third-order valence-corrected chi connectivity index (χ3v) is 2.18. The Morgan fingerprint density at radius 1 is 1.73 bits per heavy atom. The van der Waals surface area contributed by atoms with E-state index in [1.165, 1.54) is 0 Å². The fraction of sp³-hybridized carbons (Fsp3) is 0.600. The molecular formula is C10H18N4O. The topological polar surface area (TPSA) is 72.9 Å². The Hall–Kier alpha value is -1.36. The molecule has 1 rings (SSSR count). The highest BCUT2D eigenvalue weighted by molar-refractivity contribution is 5.94. The molecular weight excluding hydrogens is 192 g/mol. The van der Waals surface area contributed by atoms with Gasteiger partial charge in [-0.25, -0.2) is 0 Å². The third kappa shape index (κ3) is 3.71. The monoisotopic (exact) mass is 210 g/mol. The quantitative estimate of drug-likeness (QED) is 0.757. The molecule has 0 radical (unpaired) electrons. The predicted molar refractivity (Wildman–Crippen MR) is 59.3 cm³/mol. The molecule has 0 saturated carbocycles. The Bertz CT molecular complexity index is 321. The molecule has 0 fully saturated rings. The first-order chi connectivity index (χ1) is 7.13. The zero-order valence-electron chi connectivity index (χ0n) is 9.23. The van der Waals surface area contributed by atoms with E-state index < -0.39 is 6.04 Å². The number of nitrogens with zero attached hydrogens (tertiary/aromatic N) is 2. The summed E-state index contributed by atoms with van der Waals surface area (Å²) in [6, 6.07) is -0.426. The van der Waals surface area contributed by atoms with E-state index in [4.69, 9.17) is 5.73 Å². The molecule has 84 valence electrons. The molecule has 0 aromatic carbocycles. The summed E-state index contributed by atoms with van der Waals surface area (Å²) in [5, 5.41) is 6.68. The molecule has 1 atom stereocenters. The zero-order valence-corrected chi connectivity index (χ0v) is 9.23. The molecule has 0 aliphatic heterocycles. The number of nitrogens with two attached hydrogens (primary N) is 1. The summed E-state index contributed by atoms with van der Waals surface area (Å²) in [7, 11) is 1.80. The van der Waals surface area contributed by atoms with Crippen LogP contribution in [0.2, 0.25) is 0 Å². The van der Waals surface area contributed by atoms with Gasteiger partial charge in [0.1, 0.15) is 0 Å². The summed E-state index contributed by atoms with van der Waals surface area (Å²) in [4.78, 5) is 11.6. The summed E-state index contributed by atoms with van der Waals surface area (Å²) in [6.07, 6.45) is 6.09. The van der Waals surface area contributed by atoms with Gasteiger partial charge in [-0.05, 0) is 6.42 Å². The maximum Gasteiger partial charge on any atom is 0.241 e. The lowest BCUT2D eigenvalue weighted by molar-refractivity contribution is -0.117. The molecule has 1 aromatic rings. The Morgan fingerprint density at radius 3 is 3.00 bits per heavy atom. The van der Waals surface area contributed by atoms with Gasteiger partial charge in [-0.3, -0.25) is 9.48 Å². The summed E-state index contributed by atoms with van der Waals surface area (Å²) in [5.41, 5.74) is 6.41. The van der Waals surface area contributed by atoms with Crippen LogP contribution < -0.4 is 11.1 Å². The van der Waals surface area contributed by atoms with E-state index >= 15 is 0 Å². The average Bonchev–Trinajstić information content (AvgIpc) is 2.60. The molecule has 0 spiro atoms. The van der Waals surface area contributed by atoms with Gasteiger partial charge in [-0.2, -0.15) is 5.10 Å². The van der Waals surface area contributed by atoms with Crippen molar-refractivity contribution in [1.82, 2.24) is 9.78 Å². The highest BCUT2D eigenvalue weighted by Gasteiger charge is 2.13. The van der Waals surface area contributed by atoms with Crippen LogP contribution in [0.15, 0.2) is 12.4 Å². The molecule has 5 heteroatoms. The van der Waals surface area contributed by atoms with Crippen molar-refractivity contribution in [3.05, 3.63) is 12.4 Å². The van der Waals surface area contributed by atoms with Crippen molar-refractivity contribution >= 4 is 11.6 Å². The normalized spacial score (nSPS) is 12.5. The zero-order chi connectivity index (χ0) is 11.3. The van der Waals surface area contributed by atoms with E-state index in [0.29, 0.717) is 5.69 Å². The van der Waals surface area contributed by atoms with Crippen LogP contribution in [0.5, 0.6) is 0 Å². The molecule has 0 aliphatic carbocycles. The number of hydrogen-bond acceptors (Lipinski definition) is 3.